The SMILES string of the molecule is Cc1c(Cl)ccc2sc(N(CCCN3CCOCC3)C(=O)c3ccc(S(=O)(=O)N4CCCCC4C)cc3)nc12. The third kappa shape index (κ3) is 6.16. The summed E-state index contributed by atoms with van der Waals surface area (Å²) >= 11 is 7.80. The Morgan fingerprint density at radius 2 is 1.87 bits per heavy atom. The molecule has 0 saturated carbocycles. The molecule has 2 saturated heterocycles. The molecule has 39 heavy (non-hydrogen) atoms. The fourth-order valence-corrected chi connectivity index (χ4v) is 8.16. The van der Waals surface area contributed by atoms with Gasteiger partial charge in [0.2, 0.25) is 10.0 Å². The van der Waals surface area contributed by atoms with Gasteiger partial charge in [-0.05, 0) is 75.1 Å². The number of morpholine rings is 1. The second-order valence-corrected chi connectivity index (χ2v) is 13.6. The van der Waals surface area contributed by atoms with E-state index in [0.29, 0.717) is 28.8 Å². The lowest BCUT2D eigenvalue weighted by molar-refractivity contribution is 0.0376. The van der Waals surface area contributed by atoms with Crippen LogP contribution in [0.1, 0.15) is 48.5 Å². The number of aryl methyl sites for hydroxylation is 1. The normalized spacial score (nSPS) is 19.4. The molecule has 11 heteroatoms. The number of hydrogen-bond donors (Lipinski definition) is 0. The van der Waals surface area contributed by atoms with Crippen LogP contribution >= 0.6 is 22.9 Å². The number of nitrogens with zero attached hydrogens (tertiary/aromatic N) is 4. The summed E-state index contributed by atoms with van der Waals surface area (Å²) in [4.78, 5) is 22.9. The molecule has 0 spiro atoms. The summed E-state index contributed by atoms with van der Waals surface area (Å²) in [5.41, 5.74) is 2.12. The van der Waals surface area contributed by atoms with Gasteiger partial charge in [-0.1, -0.05) is 29.4 Å². The molecule has 2 aliphatic heterocycles. The van der Waals surface area contributed by atoms with E-state index in [4.69, 9.17) is 21.3 Å². The van der Waals surface area contributed by atoms with Crippen molar-refractivity contribution in [1.82, 2.24) is 14.2 Å². The largest absolute Gasteiger partial charge is 0.379 e. The van der Waals surface area contributed by atoms with Gasteiger partial charge in [-0.3, -0.25) is 14.6 Å². The first-order chi connectivity index (χ1) is 18.8. The van der Waals surface area contributed by atoms with Gasteiger partial charge in [-0.15, -0.1) is 0 Å². The number of carbonyl (C=O) groups excluding carboxylic acids is 1. The second-order valence-electron chi connectivity index (χ2n) is 10.3. The lowest BCUT2D eigenvalue weighted by Crippen LogP contribution is -2.41. The van der Waals surface area contributed by atoms with Crippen LogP contribution in [0.4, 0.5) is 5.13 Å². The van der Waals surface area contributed by atoms with Gasteiger partial charge in [-0.2, -0.15) is 4.31 Å². The summed E-state index contributed by atoms with van der Waals surface area (Å²) < 4.78 is 34.6. The minimum atomic E-state index is -3.61. The summed E-state index contributed by atoms with van der Waals surface area (Å²) in [6.07, 6.45) is 3.55. The van der Waals surface area contributed by atoms with E-state index in [1.165, 1.54) is 11.3 Å². The van der Waals surface area contributed by atoms with Gasteiger partial charge < -0.3 is 4.74 Å². The van der Waals surface area contributed by atoms with E-state index in [0.717, 1.165) is 74.3 Å². The van der Waals surface area contributed by atoms with Crippen molar-refractivity contribution in [3.8, 4) is 0 Å². The number of piperidine rings is 1. The molecule has 3 aromatic rings. The maximum absolute atomic E-state index is 13.8. The van der Waals surface area contributed by atoms with Gasteiger partial charge in [0.25, 0.3) is 5.91 Å². The molecule has 0 bridgehead atoms. The number of halogens is 1. The van der Waals surface area contributed by atoms with Crippen molar-refractivity contribution in [2.75, 3.05) is 50.8 Å². The van der Waals surface area contributed by atoms with Crippen LogP contribution in [0.15, 0.2) is 41.3 Å². The molecule has 5 rings (SSSR count). The summed E-state index contributed by atoms with van der Waals surface area (Å²) in [7, 11) is -3.61. The van der Waals surface area contributed by atoms with Gasteiger partial charge >= 0.3 is 0 Å². The summed E-state index contributed by atoms with van der Waals surface area (Å²) in [6, 6.07) is 10.1. The number of sulfonamides is 1. The monoisotopic (exact) mass is 590 g/mol. The van der Waals surface area contributed by atoms with Crippen molar-refractivity contribution in [3.05, 3.63) is 52.5 Å². The molecule has 210 valence electrons. The quantitative estimate of drug-likeness (QED) is 0.359. The number of hydrogen-bond acceptors (Lipinski definition) is 7. The zero-order chi connectivity index (χ0) is 27.6. The van der Waals surface area contributed by atoms with Crippen molar-refractivity contribution in [2.24, 2.45) is 0 Å². The predicted octanol–water partition coefficient (Wildman–Crippen LogP) is 5.19. The summed E-state index contributed by atoms with van der Waals surface area (Å²) in [6.45, 7) is 9.00. The zero-order valence-electron chi connectivity index (χ0n) is 22.4. The van der Waals surface area contributed by atoms with E-state index in [-0.39, 0.29) is 16.8 Å². The number of ether oxygens (including phenoxy) is 1. The molecular formula is C28H35ClN4O4S2. The molecular weight excluding hydrogens is 556 g/mol. The van der Waals surface area contributed by atoms with E-state index in [1.807, 2.05) is 26.0 Å². The van der Waals surface area contributed by atoms with E-state index >= 15 is 0 Å². The summed E-state index contributed by atoms with van der Waals surface area (Å²) in [5.74, 6) is -0.199. The molecule has 3 heterocycles. The highest BCUT2D eigenvalue weighted by Gasteiger charge is 2.31. The molecule has 1 amide bonds. The number of thiazole rings is 1. The predicted molar refractivity (Wildman–Crippen MR) is 157 cm³/mol. The number of fused-ring (bicyclic) bond motifs is 1. The van der Waals surface area contributed by atoms with Crippen LogP contribution in [0.3, 0.4) is 0 Å². The van der Waals surface area contributed by atoms with Gasteiger partial charge in [0.05, 0.1) is 28.3 Å². The highest BCUT2D eigenvalue weighted by atomic mass is 35.5. The Kier molecular flexibility index (Phi) is 8.90. The van der Waals surface area contributed by atoms with E-state index in [1.54, 1.807) is 33.5 Å². The number of amides is 1. The first-order valence-corrected chi connectivity index (χ1v) is 16.2. The number of benzene rings is 2. The third-order valence-corrected chi connectivity index (χ3v) is 11.1. The van der Waals surface area contributed by atoms with Crippen molar-refractivity contribution in [2.45, 2.75) is 50.5 Å². The molecule has 2 aliphatic rings. The standard InChI is InChI=1S/C28H35ClN4O4S2/c1-20-6-3-4-15-33(20)39(35,36)23-9-7-22(8-10-23)27(34)32(14-5-13-31-16-18-37-19-17-31)28-30-26-21(2)24(29)11-12-25(26)38-28/h7-12,20H,3-6,13-19H2,1-2H3. The van der Waals surface area contributed by atoms with Crippen molar-refractivity contribution in [1.29, 1.82) is 0 Å². The average molecular weight is 591 g/mol. The first-order valence-electron chi connectivity index (χ1n) is 13.6. The Morgan fingerprint density at radius 1 is 1.13 bits per heavy atom. The van der Waals surface area contributed by atoms with Crippen LogP contribution in [0, 0.1) is 6.92 Å². The van der Waals surface area contributed by atoms with Crippen LogP contribution in [-0.2, 0) is 14.8 Å². The van der Waals surface area contributed by atoms with Gasteiger partial charge in [0, 0.05) is 49.4 Å². The molecule has 2 aromatic carbocycles. The Morgan fingerprint density at radius 3 is 2.59 bits per heavy atom. The molecule has 0 N–H and O–H groups in total. The number of aromatic nitrogens is 1. The zero-order valence-corrected chi connectivity index (χ0v) is 24.8. The molecule has 2 fully saturated rings. The van der Waals surface area contributed by atoms with Crippen molar-refractivity contribution >= 4 is 54.2 Å². The molecule has 1 unspecified atom stereocenters. The molecule has 1 aromatic heterocycles. The Bertz CT molecular complexity index is 1420. The molecule has 0 radical (unpaired) electrons. The minimum Gasteiger partial charge on any atom is -0.379 e. The Balaban J connectivity index is 1.39. The van der Waals surface area contributed by atoms with E-state index in [2.05, 4.69) is 4.90 Å². The number of carbonyl (C=O) groups is 1. The summed E-state index contributed by atoms with van der Waals surface area (Å²) in [5, 5.41) is 1.26. The highest BCUT2D eigenvalue weighted by molar-refractivity contribution is 7.89. The first kappa shape index (κ1) is 28.4. The molecule has 0 aliphatic carbocycles. The smallest absolute Gasteiger partial charge is 0.260 e. The van der Waals surface area contributed by atoms with Gasteiger partial charge in [0.1, 0.15) is 0 Å². The van der Waals surface area contributed by atoms with Crippen LogP contribution in [-0.4, -0.2) is 80.5 Å². The maximum atomic E-state index is 13.8. The lowest BCUT2D eigenvalue weighted by atomic mass is 10.1. The van der Waals surface area contributed by atoms with Crippen LogP contribution in [0.5, 0.6) is 0 Å². The van der Waals surface area contributed by atoms with Gasteiger partial charge in [-0.25, -0.2) is 13.4 Å². The van der Waals surface area contributed by atoms with E-state index < -0.39 is 10.0 Å². The lowest BCUT2D eigenvalue weighted by Gasteiger charge is -2.32. The number of rotatable bonds is 8. The van der Waals surface area contributed by atoms with Crippen LogP contribution < -0.4 is 4.90 Å². The molecule has 8 nitrogen and oxygen atoms in total. The minimum absolute atomic E-state index is 0.0250. The molecule has 1 atom stereocenters. The fraction of sp³-hybridized carbons (Fsp3) is 0.500. The average Bonchev–Trinajstić information content (AvgIpc) is 3.38. The van der Waals surface area contributed by atoms with Crippen LogP contribution in [0.25, 0.3) is 10.2 Å². The third-order valence-electron chi connectivity index (χ3n) is 7.62. The number of anilines is 1. The van der Waals surface area contributed by atoms with Gasteiger partial charge in [0.15, 0.2) is 5.13 Å². The maximum Gasteiger partial charge on any atom is 0.260 e. The van der Waals surface area contributed by atoms with Crippen molar-refractivity contribution < 1.29 is 17.9 Å². The second kappa shape index (κ2) is 12.2. The Hall–Kier alpha value is -2.08. The topological polar surface area (TPSA) is 83.0 Å². The highest BCUT2D eigenvalue weighted by Crippen LogP contribution is 2.34. The Labute approximate surface area is 239 Å². The van der Waals surface area contributed by atoms with Crippen LogP contribution in [0.2, 0.25) is 5.02 Å². The van der Waals surface area contributed by atoms with E-state index in [9.17, 15) is 13.2 Å². The van der Waals surface area contributed by atoms with Crippen molar-refractivity contribution in [3.63, 3.8) is 0 Å². The fourth-order valence-electron chi connectivity index (χ4n) is 5.26.